The van der Waals surface area contributed by atoms with Crippen LogP contribution >= 0.6 is 0 Å². The van der Waals surface area contributed by atoms with Gasteiger partial charge in [0.05, 0.1) is 30.5 Å². The van der Waals surface area contributed by atoms with Crippen LogP contribution in [-0.4, -0.2) is 35.5 Å². The van der Waals surface area contributed by atoms with Crippen LogP contribution in [0.25, 0.3) is 11.3 Å². The minimum Gasteiger partial charge on any atom is -0.496 e. The average Bonchev–Trinajstić information content (AvgIpc) is 3.39. The van der Waals surface area contributed by atoms with E-state index in [2.05, 4.69) is 5.32 Å². The molecule has 0 bridgehead atoms. The van der Waals surface area contributed by atoms with Crippen LogP contribution in [0, 0.1) is 0 Å². The van der Waals surface area contributed by atoms with E-state index in [0.717, 1.165) is 28.8 Å². The lowest BCUT2D eigenvalue weighted by atomic mass is 10.1. The number of methoxy groups -OCH3 is 1. The quantitative estimate of drug-likeness (QED) is 0.525. The molecule has 1 saturated heterocycles. The molecule has 1 aliphatic heterocycles. The van der Waals surface area contributed by atoms with E-state index in [1.807, 2.05) is 48.0 Å². The fourth-order valence-corrected chi connectivity index (χ4v) is 4.10. The highest BCUT2D eigenvalue weighted by Gasteiger charge is 2.30. The lowest BCUT2D eigenvalue weighted by Gasteiger charge is -2.16. The van der Waals surface area contributed by atoms with E-state index in [-0.39, 0.29) is 18.1 Å². The van der Waals surface area contributed by atoms with Crippen molar-refractivity contribution in [3.63, 3.8) is 0 Å². The summed E-state index contributed by atoms with van der Waals surface area (Å²) in [5.41, 5.74) is 16.4. The third-order valence-corrected chi connectivity index (χ3v) is 5.94. The summed E-state index contributed by atoms with van der Waals surface area (Å²) in [6.45, 7) is 3.44. The molecule has 2 heterocycles. The van der Waals surface area contributed by atoms with Gasteiger partial charge in [-0.2, -0.15) is 5.10 Å². The smallest absolute Gasteiger partial charge is 0.255 e. The maximum atomic E-state index is 12.5. The molecule has 2 aromatic carbocycles. The molecule has 2 atom stereocenters. The van der Waals surface area contributed by atoms with Crippen LogP contribution in [0.4, 0.5) is 5.82 Å². The Morgan fingerprint density at radius 3 is 2.66 bits per heavy atom. The number of nitrogens with two attached hydrogens (primary N) is 2. The van der Waals surface area contributed by atoms with Crippen LogP contribution in [-0.2, 0) is 17.8 Å². The Labute approximate surface area is 187 Å². The van der Waals surface area contributed by atoms with Crippen molar-refractivity contribution in [2.75, 3.05) is 19.5 Å². The molecular formula is C24H29N5O3. The van der Waals surface area contributed by atoms with Gasteiger partial charge in [0.2, 0.25) is 0 Å². The van der Waals surface area contributed by atoms with Gasteiger partial charge in [0.15, 0.2) is 0 Å². The van der Waals surface area contributed by atoms with Crippen molar-refractivity contribution >= 4 is 11.7 Å². The Bertz CT molecular complexity index is 1090. The Morgan fingerprint density at radius 1 is 1.25 bits per heavy atom. The number of ether oxygens (including phenoxy) is 2. The lowest BCUT2D eigenvalue weighted by Crippen LogP contribution is -2.23. The molecule has 2 unspecified atom stereocenters. The molecule has 8 nitrogen and oxygen atoms in total. The summed E-state index contributed by atoms with van der Waals surface area (Å²) in [4.78, 5) is 12.5. The summed E-state index contributed by atoms with van der Waals surface area (Å²) < 4.78 is 12.8. The van der Waals surface area contributed by atoms with Crippen LogP contribution in [0.3, 0.4) is 0 Å². The predicted molar refractivity (Wildman–Crippen MR) is 123 cm³/mol. The normalized spacial score (nSPS) is 18.0. The zero-order chi connectivity index (χ0) is 22.7. The minimum absolute atomic E-state index is 0.0601. The van der Waals surface area contributed by atoms with Crippen molar-refractivity contribution < 1.29 is 14.3 Å². The van der Waals surface area contributed by atoms with Crippen molar-refractivity contribution in [3.05, 3.63) is 65.2 Å². The number of rotatable bonds is 7. The molecular weight excluding hydrogens is 406 g/mol. The van der Waals surface area contributed by atoms with Gasteiger partial charge in [-0.25, -0.2) is 4.68 Å². The number of anilines is 1. The van der Waals surface area contributed by atoms with Gasteiger partial charge < -0.3 is 26.3 Å². The summed E-state index contributed by atoms with van der Waals surface area (Å²) in [5.74, 6) is 0.958. The molecule has 168 valence electrons. The molecule has 3 aromatic rings. The molecule has 4 rings (SSSR count). The van der Waals surface area contributed by atoms with E-state index in [9.17, 15) is 4.79 Å². The SMILES string of the molecule is COc1ccccc1C(=O)NCc1ccc(-c2nn(C3CCOC3C)c(N)c2CN)cc1. The average molecular weight is 436 g/mol. The van der Waals surface area contributed by atoms with Gasteiger partial charge in [-0.3, -0.25) is 4.79 Å². The van der Waals surface area contributed by atoms with Gasteiger partial charge in [0.25, 0.3) is 5.91 Å². The number of para-hydroxylation sites is 1. The lowest BCUT2D eigenvalue weighted by molar-refractivity contribution is 0.0947. The van der Waals surface area contributed by atoms with E-state index in [1.54, 1.807) is 19.2 Å². The van der Waals surface area contributed by atoms with Gasteiger partial charge in [0, 0.05) is 30.8 Å². The van der Waals surface area contributed by atoms with Gasteiger partial charge in [0.1, 0.15) is 11.6 Å². The molecule has 1 aliphatic rings. The topological polar surface area (TPSA) is 117 Å². The summed E-state index contributed by atoms with van der Waals surface area (Å²) in [6.07, 6.45) is 0.936. The van der Waals surface area contributed by atoms with E-state index in [4.69, 9.17) is 26.0 Å². The Morgan fingerprint density at radius 2 is 2.00 bits per heavy atom. The zero-order valence-corrected chi connectivity index (χ0v) is 18.4. The Balaban J connectivity index is 1.50. The van der Waals surface area contributed by atoms with E-state index < -0.39 is 0 Å². The fraction of sp³-hybridized carbons (Fsp3) is 0.333. The van der Waals surface area contributed by atoms with Gasteiger partial charge in [-0.15, -0.1) is 0 Å². The third kappa shape index (κ3) is 4.19. The molecule has 0 radical (unpaired) electrons. The zero-order valence-electron chi connectivity index (χ0n) is 18.4. The van der Waals surface area contributed by atoms with Crippen molar-refractivity contribution in [1.82, 2.24) is 15.1 Å². The second-order valence-electron chi connectivity index (χ2n) is 7.87. The van der Waals surface area contributed by atoms with E-state index in [0.29, 0.717) is 36.8 Å². The van der Waals surface area contributed by atoms with Gasteiger partial charge in [-0.1, -0.05) is 36.4 Å². The number of carbonyl (C=O) groups is 1. The maximum Gasteiger partial charge on any atom is 0.255 e. The summed E-state index contributed by atoms with van der Waals surface area (Å²) >= 11 is 0. The largest absolute Gasteiger partial charge is 0.496 e. The highest BCUT2D eigenvalue weighted by Crippen LogP contribution is 2.34. The van der Waals surface area contributed by atoms with Crippen molar-refractivity contribution in [3.8, 4) is 17.0 Å². The molecule has 0 aliphatic carbocycles. The van der Waals surface area contributed by atoms with Crippen molar-refractivity contribution in [2.24, 2.45) is 5.73 Å². The van der Waals surface area contributed by atoms with E-state index in [1.165, 1.54) is 0 Å². The Hall–Kier alpha value is -3.36. The van der Waals surface area contributed by atoms with Crippen molar-refractivity contribution in [2.45, 2.75) is 38.6 Å². The molecule has 5 N–H and O–H groups in total. The molecule has 1 amide bonds. The van der Waals surface area contributed by atoms with Gasteiger partial charge in [-0.05, 0) is 31.0 Å². The first-order valence-corrected chi connectivity index (χ1v) is 10.7. The molecule has 1 fully saturated rings. The molecule has 0 saturated carbocycles. The molecule has 1 aromatic heterocycles. The minimum atomic E-state index is -0.184. The summed E-state index contributed by atoms with van der Waals surface area (Å²) in [6, 6.07) is 15.1. The first kappa shape index (κ1) is 21.9. The van der Waals surface area contributed by atoms with Crippen LogP contribution in [0.15, 0.2) is 48.5 Å². The number of hydrogen-bond acceptors (Lipinski definition) is 6. The van der Waals surface area contributed by atoms with Crippen LogP contribution in [0.1, 0.15) is 40.9 Å². The second kappa shape index (κ2) is 9.42. The highest BCUT2D eigenvalue weighted by molar-refractivity contribution is 5.96. The molecule has 32 heavy (non-hydrogen) atoms. The van der Waals surface area contributed by atoms with Crippen LogP contribution in [0.2, 0.25) is 0 Å². The number of nitrogen functional groups attached to an aromatic ring is 1. The van der Waals surface area contributed by atoms with Gasteiger partial charge >= 0.3 is 0 Å². The molecule has 0 spiro atoms. The highest BCUT2D eigenvalue weighted by atomic mass is 16.5. The standard InChI is InChI=1S/C24H29N5O3/c1-15-20(11-12-32-15)29-23(26)19(13-25)22(28-29)17-9-7-16(8-10-17)14-27-24(30)18-5-3-4-6-21(18)31-2/h3-10,15,20H,11-14,25-26H2,1-2H3,(H,27,30). The number of carbonyl (C=O) groups excluding carboxylic acids is 1. The maximum absolute atomic E-state index is 12.5. The number of nitrogens with zero attached hydrogens (tertiary/aromatic N) is 2. The molecule has 8 heteroatoms. The number of benzene rings is 2. The number of hydrogen-bond donors (Lipinski definition) is 3. The monoisotopic (exact) mass is 435 g/mol. The first-order chi connectivity index (χ1) is 15.5. The fourth-order valence-electron chi connectivity index (χ4n) is 4.10. The number of amides is 1. The van der Waals surface area contributed by atoms with Crippen molar-refractivity contribution in [1.29, 1.82) is 0 Å². The number of aromatic nitrogens is 2. The third-order valence-electron chi connectivity index (χ3n) is 5.94. The van der Waals surface area contributed by atoms with E-state index >= 15 is 0 Å². The first-order valence-electron chi connectivity index (χ1n) is 10.7. The van der Waals surface area contributed by atoms with Crippen LogP contribution in [0.5, 0.6) is 5.75 Å². The second-order valence-corrected chi connectivity index (χ2v) is 7.87. The summed E-state index contributed by atoms with van der Waals surface area (Å²) in [5, 5.41) is 7.73. The van der Waals surface area contributed by atoms with Crippen LogP contribution < -0.4 is 21.5 Å². The number of nitrogens with one attached hydrogen (secondary N) is 1. The summed E-state index contributed by atoms with van der Waals surface area (Å²) in [7, 11) is 1.55. The predicted octanol–water partition coefficient (Wildman–Crippen LogP) is 2.88. The Kier molecular flexibility index (Phi) is 6.43.